The van der Waals surface area contributed by atoms with Gasteiger partial charge in [-0.25, -0.2) is 9.97 Å². The summed E-state index contributed by atoms with van der Waals surface area (Å²) in [7, 11) is 0. The van der Waals surface area contributed by atoms with Gasteiger partial charge in [0, 0.05) is 38.8 Å². The summed E-state index contributed by atoms with van der Waals surface area (Å²) in [6.45, 7) is 18.2. The normalized spacial score (nSPS) is 13.5. The maximum atomic E-state index is 7.15. The van der Waals surface area contributed by atoms with Crippen molar-refractivity contribution < 1.29 is 4.42 Å². The fourth-order valence-electron chi connectivity index (χ4n) is 9.49. The summed E-state index contributed by atoms with van der Waals surface area (Å²) in [6.07, 6.45) is 0. The zero-order chi connectivity index (χ0) is 37.0. The van der Waals surface area contributed by atoms with Crippen LogP contribution in [0.2, 0.25) is 0 Å². The molecule has 2 aliphatic rings. The Morgan fingerprint density at radius 3 is 1.96 bits per heavy atom. The molecule has 2 aliphatic heterocycles. The summed E-state index contributed by atoms with van der Waals surface area (Å²) in [5.74, 6) is 1.91. The molecule has 3 aromatic heterocycles. The summed E-state index contributed by atoms with van der Waals surface area (Å²) in [5.41, 5.74) is 19.2. The zero-order valence-electron chi connectivity index (χ0n) is 32.1. The van der Waals surface area contributed by atoms with Crippen LogP contribution in [0, 0.1) is 13.8 Å². The second-order valence-corrected chi connectivity index (χ2v) is 17.6. The Balaban J connectivity index is 1.35. The van der Waals surface area contributed by atoms with E-state index in [9.17, 15) is 0 Å². The van der Waals surface area contributed by atoms with Crippen molar-refractivity contribution in [2.24, 2.45) is 0 Å². The Bertz CT molecular complexity index is 3070. The molecule has 5 nitrogen and oxygen atoms in total. The molecule has 54 heavy (non-hydrogen) atoms. The predicted molar refractivity (Wildman–Crippen MR) is 225 cm³/mol. The van der Waals surface area contributed by atoms with Gasteiger partial charge in [-0.15, -0.1) is 0 Å². The fraction of sp³-hybridized carbons (Fsp3) is 0.208. The van der Waals surface area contributed by atoms with Crippen LogP contribution in [0.5, 0.6) is 0 Å². The third kappa shape index (κ3) is 4.06. The molecule has 11 rings (SSSR count). The van der Waals surface area contributed by atoms with E-state index in [1.165, 1.54) is 49.8 Å². The Morgan fingerprint density at radius 1 is 0.593 bits per heavy atom. The van der Waals surface area contributed by atoms with Gasteiger partial charge < -0.3 is 4.42 Å². The van der Waals surface area contributed by atoms with Gasteiger partial charge in [0.05, 0.1) is 16.6 Å². The Morgan fingerprint density at radius 2 is 1.26 bits per heavy atom. The van der Waals surface area contributed by atoms with Crippen molar-refractivity contribution in [3.05, 3.63) is 125 Å². The van der Waals surface area contributed by atoms with Gasteiger partial charge in [0.25, 0.3) is 6.71 Å². The SMILES string of the molecule is Cc1cccc(C)c1-c1nc2c3oc4c(C(C)(C)C)cc(C(C)(C)C)cc4c3cc3c2n1-c1cccc2c1B3c1cccc3nc(-c4ccccc4)n-2c13. The molecule has 6 heteroatoms. The number of imidazole rings is 2. The molecule has 0 amide bonds. The standard InChI is InChI=1S/C48H41BN4O/c1-26-15-12-16-27(2)38(26)46-51-40-42-34(25-31-30-23-29(47(3,4)5)24-32(48(6,7)8)43(30)54-44(31)40)49-33-19-13-20-35-41(33)52(45(50-35)28-17-10-9-11-18-28)36-21-14-22-37(39(36)49)53(42)46/h9-25H,1-8H3. The molecule has 0 saturated heterocycles. The van der Waals surface area contributed by atoms with E-state index in [-0.39, 0.29) is 17.5 Å². The third-order valence-electron chi connectivity index (χ3n) is 12.1. The minimum absolute atomic E-state index is 0.0209. The summed E-state index contributed by atoms with van der Waals surface area (Å²) in [5, 5.41) is 2.28. The topological polar surface area (TPSA) is 48.8 Å². The first-order chi connectivity index (χ1) is 25.9. The van der Waals surface area contributed by atoms with E-state index >= 15 is 0 Å². The van der Waals surface area contributed by atoms with Crippen LogP contribution in [0.25, 0.3) is 78.2 Å². The first-order valence-electron chi connectivity index (χ1n) is 19.1. The molecule has 0 saturated carbocycles. The maximum Gasteiger partial charge on any atom is 0.252 e. The zero-order valence-corrected chi connectivity index (χ0v) is 32.1. The average Bonchev–Trinajstić information content (AvgIpc) is 3.84. The lowest BCUT2D eigenvalue weighted by molar-refractivity contribution is 0.559. The van der Waals surface area contributed by atoms with Crippen molar-refractivity contribution in [2.75, 3.05) is 0 Å². The molecule has 0 atom stereocenters. The van der Waals surface area contributed by atoms with Crippen LogP contribution in [-0.2, 0) is 10.8 Å². The highest BCUT2D eigenvalue weighted by molar-refractivity contribution is 7.00. The molecule has 0 bridgehead atoms. The molecule has 0 N–H and O–H groups in total. The molecule has 0 radical (unpaired) electrons. The molecule has 5 heterocycles. The van der Waals surface area contributed by atoms with E-state index in [2.05, 4.69) is 168 Å². The summed E-state index contributed by atoms with van der Waals surface area (Å²) >= 11 is 0. The molecule has 6 aromatic carbocycles. The number of furan rings is 1. The van der Waals surface area contributed by atoms with Gasteiger partial charge >= 0.3 is 0 Å². The molecule has 0 spiro atoms. The predicted octanol–water partition coefficient (Wildman–Crippen LogP) is 9.95. The molecular weight excluding hydrogens is 659 g/mol. The molecular formula is C48H41BN4O. The van der Waals surface area contributed by atoms with Gasteiger partial charge in [0.15, 0.2) is 5.58 Å². The van der Waals surface area contributed by atoms with Crippen molar-refractivity contribution in [3.8, 4) is 34.2 Å². The van der Waals surface area contributed by atoms with E-state index in [1.54, 1.807) is 0 Å². The van der Waals surface area contributed by atoms with E-state index in [4.69, 9.17) is 14.4 Å². The lowest BCUT2D eigenvalue weighted by atomic mass is 9.34. The van der Waals surface area contributed by atoms with Crippen molar-refractivity contribution >= 4 is 67.1 Å². The van der Waals surface area contributed by atoms with Crippen molar-refractivity contribution in [2.45, 2.75) is 66.2 Å². The van der Waals surface area contributed by atoms with Gasteiger partial charge in [-0.3, -0.25) is 9.13 Å². The minimum atomic E-state index is -0.120. The summed E-state index contributed by atoms with van der Waals surface area (Å²) < 4.78 is 12.0. The van der Waals surface area contributed by atoms with Crippen molar-refractivity contribution in [1.82, 2.24) is 19.1 Å². The van der Waals surface area contributed by atoms with E-state index < -0.39 is 0 Å². The minimum Gasteiger partial charge on any atom is -0.453 e. The van der Waals surface area contributed by atoms with Crippen LogP contribution in [0.4, 0.5) is 0 Å². The molecule has 0 aliphatic carbocycles. The van der Waals surface area contributed by atoms with Crippen LogP contribution in [0.15, 0.2) is 108 Å². The van der Waals surface area contributed by atoms with Gasteiger partial charge in [-0.1, -0.05) is 120 Å². The molecule has 0 unspecified atom stereocenters. The number of nitrogens with zero attached hydrogens (tertiary/aromatic N) is 4. The van der Waals surface area contributed by atoms with Crippen LogP contribution >= 0.6 is 0 Å². The number of rotatable bonds is 2. The van der Waals surface area contributed by atoms with Gasteiger partial charge in [0.2, 0.25) is 0 Å². The second-order valence-electron chi connectivity index (χ2n) is 17.6. The number of hydrogen-bond acceptors (Lipinski definition) is 3. The summed E-state index contributed by atoms with van der Waals surface area (Å²) in [6, 6.07) is 37.8. The smallest absolute Gasteiger partial charge is 0.252 e. The number of para-hydroxylation sites is 1. The number of aryl methyl sites for hydroxylation is 2. The Labute approximate surface area is 315 Å². The third-order valence-corrected chi connectivity index (χ3v) is 12.1. The lowest BCUT2D eigenvalue weighted by Gasteiger charge is -2.33. The van der Waals surface area contributed by atoms with Crippen molar-refractivity contribution in [1.29, 1.82) is 0 Å². The highest BCUT2D eigenvalue weighted by Gasteiger charge is 2.42. The highest BCUT2D eigenvalue weighted by atomic mass is 16.3. The van der Waals surface area contributed by atoms with E-state index in [0.29, 0.717) is 0 Å². The van der Waals surface area contributed by atoms with Crippen LogP contribution in [0.3, 0.4) is 0 Å². The van der Waals surface area contributed by atoms with Crippen molar-refractivity contribution in [3.63, 3.8) is 0 Å². The first kappa shape index (κ1) is 31.6. The monoisotopic (exact) mass is 700 g/mol. The Hall–Kier alpha value is -5.88. The molecule has 9 aromatic rings. The molecule has 0 fully saturated rings. The van der Waals surface area contributed by atoms with Crippen LogP contribution in [-0.4, -0.2) is 25.8 Å². The fourth-order valence-corrected chi connectivity index (χ4v) is 9.49. The summed E-state index contributed by atoms with van der Waals surface area (Å²) in [4.78, 5) is 11.0. The lowest BCUT2D eigenvalue weighted by Crippen LogP contribution is -2.59. The quantitative estimate of drug-likeness (QED) is 0.169. The number of hydrogen-bond donors (Lipinski definition) is 0. The van der Waals surface area contributed by atoms with E-state index in [1.807, 2.05) is 0 Å². The second kappa shape index (κ2) is 10.4. The van der Waals surface area contributed by atoms with E-state index in [0.717, 1.165) is 67.0 Å². The van der Waals surface area contributed by atoms with Gasteiger partial charge in [0.1, 0.15) is 22.7 Å². The van der Waals surface area contributed by atoms with Gasteiger partial charge in [-0.05, 0) is 82.0 Å². The average molecular weight is 701 g/mol. The first-order valence-corrected chi connectivity index (χ1v) is 19.1. The maximum absolute atomic E-state index is 7.15. The largest absolute Gasteiger partial charge is 0.453 e. The van der Waals surface area contributed by atoms with Crippen LogP contribution in [0.1, 0.15) is 63.8 Å². The number of aromatic nitrogens is 4. The number of fused-ring (bicyclic) bond motifs is 8. The van der Waals surface area contributed by atoms with Gasteiger partial charge in [-0.2, -0.15) is 0 Å². The molecule has 262 valence electrons. The Kier molecular flexibility index (Phi) is 6.10. The number of benzene rings is 6. The van der Waals surface area contributed by atoms with Crippen LogP contribution < -0.4 is 16.4 Å². The highest BCUT2D eigenvalue weighted by Crippen LogP contribution is 2.44.